The summed E-state index contributed by atoms with van der Waals surface area (Å²) in [4.78, 5) is 0. The van der Waals surface area contributed by atoms with Gasteiger partial charge in [-0.3, -0.25) is 13.3 Å². The number of ether oxygens (including phenoxy) is 1. The molecule has 0 aromatic rings. The summed E-state index contributed by atoms with van der Waals surface area (Å²) in [5, 5.41) is 16.8. The molecule has 0 aromatic heterocycles. The zero-order chi connectivity index (χ0) is 21.8. The first-order chi connectivity index (χ1) is 13.2. The van der Waals surface area contributed by atoms with Crippen LogP contribution in [0.25, 0.3) is 21.3 Å². The fourth-order valence-electron chi connectivity index (χ4n) is 2.56. The van der Waals surface area contributed by atoms with E-state index in [4.69, 9.17) is 4.74 Å². The molecule has 6 heteroatoms. The summed E-state index contributed by atoms with van der Waals surface area (Å²) >= 11 is 0. The van der Waals surface area contributed by atoms with E-state index >= 15 is 0 Å². The SMILES string of the molecule is CC(C)[N-]C[N-]C(C)C.CC(C)[N-]C[N-]C(C)C.COCCCC1CCCC1.[CH3-].[La]. The minimum atomic E-state index is 0. The van der Waals surface area contributed by atoms with Crippen LogP contribution in [0.3, 0.4) is 0 Å². The molecule has 1 aliphatic carbocycles. The van der Waals surface area contributed by atoms with Crippen LogP contribution in [0, 0.1) is 48.9 Å². The summed E-state index contributed by atoms with van der Waals surface area (Å²) in [5.41, 5.74) is 0. The summed E-state index contributed by atoms with van der Waals surface area (Å²) in [5.74, 6) is 1.04. The Morgan fingerprint density at radius 1 is 0.700 bits per heavy atom. The normalized spacial score (nSPS) is 13.5. The van der Waals surface area contributed by atoms with E-state index < -0.39 is 0 Å². The maximum atomic E-state index is 5.00. The monoisotopic (exact) mass is 552 g/mol. The van der Waals surface area contributed by atoms with Crippen LogP contribution in [0.2, 0.25) is 0 Å². The maximum absolute atomic E-state index is 5.00. The van der Waals surface area contributed by atoms with E-state index in [9.17, 15) is 0 Å². The van der Waals surface area contributed by atoms with Gasteiger partial charge in [-0.25, -0.2) is 0 Å². The smallest absolute Gasteiger partial charge is 0.0462 e. The molecule has 1 rings (SSSR count). The molecule has 0 heterocycles. The molecule has 5 nitrogen and oxygen atoms in total. The maximum Gasteiger partial charge on any atom is 0.0462 e. The van der Waals surface area contributed by atoms with E-state index in [2.05, 4.69) is 76.7 Å². The first-order valence-corrected chi connectivity index (χ1v) is 11.3. The molecule has 1 fully saturated rings. The average Bonchev–Trinajstić information content (AvgIpc) is 3.08. The van der Waals surface area contributed by atoms with Gasteiger partial charge in [0, 0.05) is 49.3 Å². The van der Waals surface area contributed by atoms with E-state index in [1.807, 2.05) is 0 Å². The van der Waals surface area contributed by atoms with Gasteiger partial charge >= 0.3 is 0 Å². The van der Waals surface area contributed by atoms with E-state index in [0.29, 0.717) is 37.5 Å². The second-order valence-electron chi connectivity index (χ2n) is 8.67. The summed E-state index contributed by atoms with van der Waals surface area (Å²) < 4.78 is 5.00. The van der Waals surface area contributed by atoms with Gasteiger partial charge in [-0.15, -0.1) is 24.2 Å². The van der Waals surface area contributed by atoms with E-state index in [1.54, 1.807) is 7.11 Å². The van der Waals surface area contributed by atoms with Crippen LogP contribution >= 0.6 is 0 Å². The summed E-state index contributed by atoms with van der Waals surface area (Å²) in [7, 11) is 1.79. The Bertz CT molecular complexity index is 263. The zero-order valence-electron chi connectivity index (χ0n) is 22.0. The number of methoxy groups -OCH3 is 1. The standard InChI is InChI=1S/C9H18O.2C7H16N2.CH3.La/c1-10-8-4-7-9-5-2-3-6-9;2*1-6(2)8-5-9-7(3)4;;/h9H,2-8H2,1H3;2*6-7H,5H2,1-4H3;1H3;/q;2*-2;-1;. The molecule has 0 saturated heterocycles. The molecular weight excluding hydrogens is 499 g/mol. The van der Waals surface area contributed by atoms with Crippen LogP contribution in [0.1, 0.15) is 93.9 Å². The van der Waals surface area contributed by atoms with Crippen molar-refractivity contribution in [2.75, 3.05) is 27.1 Å². The Balaban J connectivity index is -0.000000164. The zero-order valence-corrected chi connectivity index (χ0v) is 25.7. The third kappa shape index (κ3) is 36.4. The number of nitrogens with zero attached hydrogens (tertiary/aromatic N) is 4. The van der Waals surface area contributed by atoms with Crippen molar-refractivity contribution in [3.05, 3.63) is 28.7 Å². The van der Waals surface area contributed by atoms with Crippen molar-refractivity contribution in [1.29, 1.82) is 0 Å². The molecule has 0 atom stereocenters. The van der Waals surface area contributed by atoms with Crippen molar-refractivity contribution < 1.29 is 40.3 Å². The van der Waals surface area contributed by atoms with Crippen molar-refractivity contribution in [3.63, 3.8) is 0 Å². The van der Waals surface area contributed by atoms with Gasteiger partial charge in [-0.1, -0.05) is 81.1 Å². The molecule has 183 valence electrons. The molecule has 0 N–H and O–H groups in total. The van der Waals surface area contributed by atoms with Crippen molar-refractivity contribution in [1.82, 2.24) is 0 Å². The minimum absolute atomic E-state index is 0. The van der Waals surface area contributed by atoms with Gasteiger partial charge in [0.05, 0.1) is 0 Å². The van der Waals surface area contributed by atoms with Gasteiger partial charge in [0.15, 0.2) is 0 Å². The van der Waals surface area contributed by atoms with Crippen molar-refractivity contribution in [2.24, 2.45) is 5.92 Å². The quantitative estimate of drug-likeness (QED) is 0.178. The first-order valence-electron chi connectivity index (χ1n) is 11.3. The van der Waals surface area contributed by atoms with Crippen LogP contribution in [0.5, 0.6) is 0 Å². The average molecular weight is 553 g/mol. The van der Waals surface area contributed by atoms with Gasteiger partial charge in [-0.05, 0) is 18.8 Å². The Kier molecular flexibility index (Phi) is 35.8. The van der Waals surface area contributed by atoms with Crippen LogP contribution < -0.4 is 0 Å². The number of hydrogen-bond donors (Lipinski definition) is 0. The fourth-order valence-corrected chi connectivity index (χ4v) is 2.56. The summed E-state index contributed by atoms with van der Waals surface area (Å²) in [6, 6.07) is 1.69. The molecule has 0 amide bonds. The predicted molar refractivity (Wildman–Crippen MR) is 133 cm³/mol. The minimum Gasteiger partial charge on any atom is -0.678 e. The Morgan fingerprint density at radius 3 is 1.30 bits per heavy atom. The van der Waals surface area contributed by atoms with Crippen LogP contribution in [-0.4, -0.2) is 51.2 Å². The number of hydrogen-bond acceptors (Lipinski definition) is 1. The van der Waals surface area contributed by atoms with E-state index in [1.165, 1.54) is 38.5 Å². The summed E-state index contributed by atoms with van der Waals surface area (Å²) in [6.07, 6.45) is 8.55. The third-order valence-electron chi connectivity index (χ3n) is 4.22. The van der Waals surface area contributed by atoms with Gasteiger partial charge in [0.1, 0.15) is 0 Å². The van der Waals surface area contributed by atoms with E-state index in [0.717, 1.165) is 12.5 Å². The molecule has 0 spiro atoms. The van der Waals surface area contributed by atoms with Crippen LogP contribution in [0.15, 0.2) is 0 Å². The predicted octanol–water partition coefficient (Wildman–Crippen LogP) is 8.07. The summed E-state index contributed by atoms with van der Waals surface area (Å²) in [6.45, 7) is 18.8. The van der Waals surface area contributed by atoms with Crippen molar-refractivity contribution in [2.45, 2.75) is 118 Å². The molecule has 30 heavy (non-hydrogen) atoms. The first kappa shape index (κ1) is 38.3. The van der Waals surface area contributed by atoms with E-state index in [-0.39, 0.29) is 43.0 Å². The number of rotatable bonds is 12. The van der Waals surface area contributed by atoms with Crippen molar-refractivity contribution >= 4 is 0 Å². The Hall–Kier alpha value is 0.995. The molecule has 0 aromatic carbocycles. The molecule has 1 saturated carbocycles. The second kappa shape index (κ2) is 28.0. The van der Waals surface area contributed by atoms with Gasteiger partial charge in [0.2, 0.25) is 0 Å². The fraction of sp³-hybridized carbons (Fsp3) is 0.958. The second-order valence-corrected chi connectivity index (χ2v) is 8.67. The Morgan fingerprint density at radius 2 is 1.03 bits per heavy atom. The Labute approximate surface area is 219 Å². The van der Waals surface area contributed by atoms with Gasteiger partial charge in [-0.2, -0.15) is 0 Å². The van der Waals surface area contributed by atoms with Crippen LogP contribution in [0.4, 0.5) is 0 Å². The largest absolute Gasteiger partial charge is 0.678 e. The topological polar surface area (TPSA) is 65.6 Å². The molecule has 0 unspecified atom stereocenters. The third-order valence-corrected chi connectivity index (χ3v) is 4.22. The molecular formula is C24H53LaN4O-5. The van der Waals surface area contributed by atoms with Gasteiger partial charge < -0.3 is 33.4 Å². The molecule has 0 aliphatic heterocycles. The van der Waals surface area contributed by atoms with Crippen molar-refractivity contribution in [3.8, 4) is 0 Å². The molecule has 1 radical (unpaired) electrons. The van der Waals surface area contributed by atoms with Gasteiger partial charge in [0.25, 0.3) is 0 Å². The van der Waals surface area contributed by atoms with Crippen LogP contribution in [-0.2, 0) is 4.74 Å². The molecule has 1 aliphatic rings. The molecule has 0 bridgehead atoms.